The van der Waals surface area contributed by atoms with Crippen molar-refractivity contribution in [2.24, 2.45) is 10.2 Å². The third-order valence-electron chi connectivity index (χ3n) is 2.06. The lowest BCUT2D eigenvalue weighted by Crippen LogP contribution is -1.96. The van der Waals surface area contributed by atoms with E-state index in [9.17, 15) is 4.79 Å². The molecule has 0 spiro atoms. The smallest absolute Gasteiger partial charge is 0.265 e. The first kappa shape index (κ1) is 10.3. The van der Waals surface area contributed by atoms with Gasteiger partial charge in [-0.1, -0.05) is 23.2 Å². The molecule has 3 nitrogen and oxygen atoms in total. The van der Waals surface area contributed by atoms with Crippen LogP contribution in [-0.4, -0.2) is 5.91 Å². The summed E-state index contributed by atoms with van der Waals surface area (Å²) in [6.45, 7) is 1.71. The van der Waals surface area contributed by atoms with Crippen molar-refractivity contribution in [3.8, 4) is 0 Å². The number of carbonyl (C=O) groups is 1. The Kier molecular flexibility index (Phi) is 2.59. The fourth-order valence-electron chi connectivity index (χ4n) is 1.37. The predicted molar refractivity (Wildman–Crippen MR) is 58.9 cm³/mol. The number of azo groups is 1. The zero-order valence-corrected chi connectivity index (χ0v) is 9.30. The van der Waals surface area contributed by atoms with Gasteiger partial charge in [0, 0.05) is 15.6 Å². The lowest BCUT2D eigenvalue weighted by molar-refractivity contribution is -0.112. The largest absolute Gasteiger partial charge is 0.297 e. The molecule has 0 N–H and O–H groups in total. The molecule has 2 rings (SSSR count). The maximum atomic E-state index is 11.4. The van der Waals surface area contributed by atoms with Crippen LogP contribution in [0.5, 0.6) is 0 Å². The summed E-state index contributed by atoms with van der Waals surface area (Å²) in [5.41, 5.74) is 1.56. The molecular formula is C10H6Cl2N2O. The summed E-state index contributed by atoms with van der Waals surface area (Å²) >= 11 is 11.8. The van der Waals surface area contributed by atoms with Crippen molar-refractivity contribution < 1.29 is 4.79 Å². The van der Waals surface area contributed by atoms with Crippen LogP contribution in [0.2, 0.25) is 10.0 Å². The molecule has 76 valence electrons. The van der Waals surface area contributed by atoms with E-state index in [1.165, 1.54) is 0 Å². The summed E-state index contributed by atoms with van der Waals surface area (Å²) in [4.78, 5) is 11.4. The SMILES string of the molecule is CC1=C(c2cc(Cl)ccc2Cl)C(=O)N=N1. The quantitative estimate of drug-likeness (QED) is 0.738. The van der Waals surface area contributed by atoms with Gasteiger partial charge in [-0.25, -0.2) is 0 Å². The Balaban J connectivity index is 2.60. The maximum Gasteiger partial charge on any atom is 0.297 e. The highest BCUT2D eigenvalue weighted by atomic mass is 35.5. The van der Waals surface area contributed by atoms with Gasteiger partial charge in [-0.15, -0.1) is 5.11 Å². The first-order valence-electron chi connectivity index (χ1n) is 4.22. The Hall–Kier alpha value is -1.19. The first-order valence-corrected chi connectivity index (χ1v) is 4.97. The molecule has 0 aliphatic carbocycles. The van der Waals surface area contributed by atoms with Crippen molar-refractivity contribution in [3.05, 3.63) is 39.5 Å². The van der Waals surface area contributed by atoms with Gasteiger partial charge >= 0.3 is 0 Å². The fourth-order valence-corrected chi connectivity index (χ4v) is 1.76. The Morgan fingerprint density at radius 2 is 1.93 bits per heavy atom. The van der Waals surface area contributed by atoms with Crippen LogP contribution < -0.4 is 0 Å². The Labute approximate surface area is 96.4 Å². The molecule has 0 saturated carbocycles. The number of benzene rings is 1. The van der Waals surface area contributed by atoms with Gasteiger partial charge in [-0.2, -0.15) is 5.11 Å². The van der Waals surface area contributed by atoms with Crippen LogP contribution in [0.15, 0.2) is 34.1 Å². The summed E-state index contributed by atoms with van der Waals surface area (Å²) in [6.07, 6.45) is 0. The van der Waals surface area contributed by atoms with Crippen molar-refractivity contribution >= 4 is 34.7 Å². The monoisotopic (exact) mass is 240 g/mol. The van der Waals surface area contributed by atoms with Crippen LogP contribution in [0.1, 0.15) is 12.5 Å². The molecule has 0 radical (unpaired) electrons. The Morgan fingerprint density at radius 1 is 1.20 bits per heavy atom. The number of hydrogen-bond acceptors (Lipinski definition) is 2. The van der Waals surface area contributed by atoms with Gasteiger partial charge in [-0.05, 0) is 25.1 Å². The van der Waals surface area contributed by atoms with Gasteiger partial charge in [0.25, 0.3) is 5.91 Å². The van der Waals surface area contributed by atoms with Crippen molar-refractivity contribution in [3.63, 3.8) is 0 Å². The van der Waals surface area contributed by atoms with E-state index in [1.54, 1.807) is 25.1 Å². The van der Waals surface area contributed by atoms with E-state index in [1.807, 2.05) is 0 Å². The molecule has 1 heterocycles. The van der Waals surface area contributed by atoms with E-state index in [2.05, 4.69) is 10.2 Å². The van der Waals surface area contributed by atoms with Crippen molar-refractivity contribution in [2.45, 2.75) is 6.92 Å². The molecule has 1 aliphatic rings. The van der Waals surface area contributed by atoms with Crippen molar-refractivity contribution in [2.75, 3.05) is 0 Å². The van der Waals surface area contributed by atoms with Gasteiger partial charge in [0.2, 0.25) is 0 Å². The normalized spacial score (nSPS) is 15.3. The van der Waals surface area contributed by atoms with E-state index in [-0.39, 0.29) is 5.91 Å². The number of carbonyl (C=O) groups excluding carboxylic acids is 1. The van der Waals surface area contributed by atoms with Gasteiger partial charge in [-0.3, -0.25) is 4.79 Å². The van der Waals surface area contributed by atoms with Gasteiger partial charge in [0.15, 0.2) is 0 Å². The highest BCUT2D eigenvalue weighted by Crippen LogP contribution is 2.32. The molecule has 5 heteroatoms. The van der Waals surface area contributed by atoms with E-state index < -0.39 is 0 Å². The number of hydrogen-bond donors (Lipinski definition) is 0. The minimum atomic E-state index is -0.378. The molecule has 0 unspecified atom stereocenters. The number of halogens is 2. The third-order valence-corrected chi connectivity index (χ3v) is 2.63. The molecule has 0 bridgehead atoms. The van der Waals surface area contributed by atoms with Crippen LogP contribution in [-0.2, 0) is 4.79 Å². The fraction of sp³-hybridized carbons (Fsp3) is 0.100. The lowest BCUT2D eigenvalue weighted by Gasteiger charge is -2.04. The Morgan fingerprint density at radius 3 is 2.53 bits per heavy atom. The van der Waals surface area contributed by atoms with E-state index in [0.29, 0.717) is 26.9 Å². The minimum Gasteiger partial charge on any atom is -0.265 e. The van der Waals surface area contributed by atoms with Crippen LogP contribution in [0.3, 0.4) is 0 Å². The third kappa shape index (κ3) is 1.80. The Bertz CT molecular complexity index is 506. The number of allylic oxidation sites excluding steroid dienone is 1. The molecule has 1 amide bonds. The highest BCUT2D eigenvalue weighted by molar-refractivity contribution is 6.37. The molecule has 1 aromatic rings. The standard InChI is InChI=1S/C10H6Cl2N2O/c1-5-9(10(15)14-13-5)7-4-6(11)2-3-8(7)12/h2-4H,1H3. The number of rotatable bonds is 1. The van der Waals surface area contributed by atoms with Crippen LogP contribution in [0, 0.1) is 0 Å². The zero-order chi connectivity index (χ0) is 11.0. The van der Waals surface area contributed by atoms with Gasteiger partial charge in [0.05, 0.1) is 11.3 Å². The van der Waals surface area contributed by atoms with E-state index in [0.717, 1.165) is 0 Å². The molecule has 0 atom stereocenters. The summed E-state index contributed by atoms with van der Waals surface area (Å²) in [5.74, 6) is -0.378. The van der Waals surface area contributed by atoms with Gasteiger partial charge < -0.3 is 0 Å². The van der Waals surface area contributed by atoms with Crippen LogP contribution >= 0.6 is 23.2 Å². The average Bonchev–Trinajstić information content (AvgIpc) is 2.51. The zero-order valence-electron chi connectivity index (χ0n) is 7.79. The maximum absolute atomic E-state index is 11.4. The number of nitrogens with zero attached hydrogens (tertiary/aromatic N) is 2. The minimum absolute atomic E-state index is 0.378. The van der Waals surface area contributed by atoms with Crippen molar-refractivity contribution in [1.82, 2.24) is 0 Å². The first-order chi connectivity index (χ1) is 7.09. The summed E-state index contributed by atoms with van der Waals surface area (Å²) in [5, 5.41) is 8.14. The second-order valence-electron chi connectivity index (χ2n) is 3.09. The average molecular weight is 241 g/mol. The van der Waals surface area contributed by atoms with E-state index >= 15 is 0 Å². The highest BCUT2D eigenvalue weighted by Gasteiger charge is 2.22. The van der Waals surface area contributed by atoms with Gasteiger partial charge in [0.1, 0.15) is 0 Å². The summed E-state index contributed by atoms with van der Waals surface area (Å²) in [7, 11) is 0. The van der Waals surface area contributed by atoms with Crippen molar-refractivity contribution in [1.29, 1.82) is 0 Å². The molecule has 1 aliphatic heterocycles. The van der Waals surface area contributed by atoms with Crippen LogP contribution in [0.4, 0.5) is 0 Å². The lowest BCUT2D eigenvalue weighted by atomic mass is 10.0. The molecular weight excluding hydrogens is 235 g/mol. The molecule has 0 saturated heterocycles. The summed E-state index contributed by atoms with van der Waals surface area (Å²) in [6, 6.07) is 4.94. The second-order valence-corrected chi connectivity index (χ2v) is 3.93. The molecule has 1 aromatic carbocycles. The number of amides is 1. The van der Waals surface area contributed by atoms with E-state index in [4.69, 9.17) is 23.2 Å². The van der Waals surface area contributed by atoms with Crippen LogP contribution in [0.25, 0.3) is 5.57 Å². The molecule has 0 aromatic heterocycles. The predicted octanol–water partition coefficient (Wildman–Crippen LogP) is 3.72. The topological polar surface area (TPSA) is 41.8 Å². The second kappa shape index (κ2) is 3.76. The summed E-state index contributed by atoms with van der Waals surface area (Å²) < 4.78 is 0. The molecule has 15 heavy (non-hydrogen) atoms. The molecule has 0 fully saturated rings.